The number of rotatable bonds is 5. The van der Waals surface area contributed by atoms with E-state index in [-0.39, 0.29) is 12.5 Å². The van der Waals surface area contributed by atoms with Gasteiger partial charge in [0, 0.05) is 31.0 Å². The summed E-state index contributed by atoms with van der Waals surface area (Å²) < 4.78 is 26.1. The van der Waals surface area contributed by atoms with Crippen LogP contribution >= 0.6 is 8.25 Å². The second-order valence-electron chi connectivity index (χ2n) is 4.83. The molecule has 1 saturated heterocycles. The molecule has 0 radical (unpaired) electrons. The molecule has 10 heteroatoms. The lowest BCUT2D eigenvalue weighted by Crippen LogP contribution is -2.47. The van der Waals surface area contributed by atoms with Crippen molar-refractivity contribution in [2.24, 2.45) is 0 Å². The summed E-state index contributed by atoms with van der Waals surface area (Å²) in [5.41, 5.74) is 0. The summed E-state index contributed by atoms with van der Waals surface area (Å²) in [5, 5.41) is 10.2. The maximum atomic E-state index is 11.6. The van der Waals surface area contributed by atoms with Crippen molar-refractivity contribution >= 4 is 14.2 Å². The Hall–Kier alpha value is -1.35. The van der Waals surface area contributed by atoms with Crippen molar-refractivity contribution in [2.45, 2.75) is 24.5 Å². The number of aliphatic hydroxyl groups excluding tert-OH is 1. The van der Waals surface area contributed by atoms with E-state index in [4.69, 9.17) is 14.4 Å². The van der Waals surface area contributed by atoms with Crippen molar-refractivity contribution in [1.29, 1.82) is 0 Å². The van der Waals surface area contributed by atoms with Gasteiger partial charge < -0.3 is 19.5 Å². The van der Waals surface area contributed by atoms with Crippen LogP contribution in [0.3, 0.4) is 0 Å². The monoisotopic (exact) mass is 333 g/mol. The summed E-state index contributed by atoms with van der Waals surface area (Å²) >= 11 is 0. The van der Waals surface area contributed by atoms with E-state index >= 15 is 0 Å². The molecule has 0 aromatic carbocycles. The minimum absolute atomic E-state index is 0.231. The van der Waals surface area contributed by atoms with E-state index in [9.17, 15) is 14.5 Å². The van der Waals surface area contributed by atoms with Crippen LogP contribution in [0.15, 0.2) is 24.7 Å². The van der Waals surface area contributed by atoms with Crippen LogP contribution in [0.1, 0.15) is 0 Å². The van der Waals surface area contributed by atoms with Gasteiger partial charge in [-0.05, 0) is 0 Å². The summed E-state index contributed by atoms with van der Waals surface area (Å²) in [4.78, 5) is 23.1. The molecular formula is C12H18N2O7P+. The fourth-order valence-corrected chi connectivity index (χ4v) is 2.62. The quantitative estimate of drug-likeness (QED) is 0.649. The van der Waals surface area contributed by atoms with Gasteiger partial charge in [0.05, 0.1) is 0 Å². The number of aliphatic hydroxyl groups is 1. The number of carbonyl (C=O) groups is 1. The number of amides is 1. The SMILES string of the molecule is C=C1N(C)C(=O)C=CN1C1OC(CO[P+](=O)O)C(O)C1OC. The average molecular weight is 333 g/mol. The Balaban J connectivity index is 2.16. The molecule has 2 rings (SSSR count). The van der Waals surface area contributed by atoms with Gasteiger partial charge in [-0.2, -0.15) is 0 Å². The minimum Gasteiger partial charge on any atom is -0.387 e. The number of carbonyl (C=O) groups excluding carboxylic acids is 1. The molecule has 1 fully saturated rings. The third-order valence-electron chi connectivity index (χ3n) is 3.60. The third-order valence-corrected chi connectivity index (χ3v) is 3.97. The molecule has 2 aliphatic rings. The van der Waals surface area contributed by atoms with E-state index in [0.29, 0.717) is 5.82 Å². The first-order valence-electron chi connectivity index (χ1n) is 6.45. The first-order chi connectivity index (χ1) is 10.4. The highest BCUT2D eigenvalue weighted by atomic mass is 31.1. The van der Waals surface area contributed by atoms with Gasteiger partial charge in [0.2, 0.25) is 0 Å². The Morgan fingerprint density at radius 3 is 2.82 bits per heavy atom. The van der Waals surface area contributed by atoms with Crippen LogP contribution in [0.2, 0.25) is 0 Å². The van der Waals surface area contributed by atoms with Crippen LogP contribution in [0.4, 0.5) is 0 Å². The van der Waals surface area contributed by atoms with Crippen molar-refractivity contribution in [3.05, 3.63) is 24.7 Å². The fraction of sp³-hybridized carbons (Fsp3) is 0.583. The molecule has 0 aromatic rings. The Morgan fingerprint density at radius 1 is 1.55 bits per heavy atom. The van der Waals surface area contributed by atoms with Crippen LogP contribution in [-0.4, -0.2) is 71.0 Å². The van der Waals surface area contributed by atoms with Gasteiger partial charge in [-0.1, -0.05) is 6.58 Å². The molecule has 2 N–H and O–H groups in total. The molecule has 22 heavy (non-hydrogen) atoms. The molecule has 0 saturated carbocycles. The van der Waals surface area contributed by atoms with Crippen LogP contribution in [0.5, 0.6) is 0 Å². The summed E-state index contributed by atoms with van der Waals surface area (Å²) in [6, 6.07) is 0. The first-order valence-corrected chi connectivity index (χ1v) is 7.58. The lowest BCUT2D eigenvalue weighted by molar-refractivity contribution is -0.128. The van der Waals surface area contributed by atoms with Crippen LogP contribution in [0.25, 0.3) is 0 Å². The average Bonchev–Trinajstić information content (AvgIpc) is 2.79. The number of ether oxygens (including phenoxy) is 2. The van der Waals surface area contributed by atoms with Gasteiger partial charge in [-0.3, -0.25) is 9.69 Å². The maximum Gasteiger partial charge on any atom is 0.694 e. The summed E-state index contributed by atoms with van der Waals surface area (Å²) in [7, 11) is 0.184. The fourth-order valence-electron chi connectivity index (χ4n) is 2.35. The van der Waals surface area contributed by atoms with Crippen LogP contribution in [0, 0.1) is 0 Å². The normalized spacial score (nSPS) is 32.8. The topological polar surface area (TPSA) is 109 Å². The third kappa shape index (κ3) is 3.19. The zero-order chi connectivity index (χ0) is 16.4. The zero-order valence-electron chi connectivity index (χ0n) is 12.2. The standard InChI is InChI=1S/C12H17N2O7P/c1-7-13(2)9(15)4-5-14(7)12-11(19-3)10(16)8(21-12)6-20-22(17)18/h4-5,8,10-12,16H,1,6H2,2-3H3/p+1. The Bertz CT molecular complexity index is 512. The molecule has 0 aliphatic carbocycles. The van der Waals surface area contributed by atoms with E-state index in [2.05, 4.69) is 11.1 Å². The molecule has 0 spiro atoms. The number of likely N-dealkylation sites (N-methyl/N-ethyl adjacent to an activating group) is 1. The Labute approximate surface area is 128 Å². The van der Waals surface area contributed by atoms with Crippen molar-refractivity contribution < 1.29 is 33.4 Å². The van der Waals surface area contributed by atoms with Crippen molar-refractivity contribution in [1.82, 2.24) is 9.80 Å². The summed E-state index contributed by atoms with van der Waals surface area (Å²) in [5.74, 6) is 0.132. The maximum absolute atomic E-state index is 11.6. The lowest BCUT2D eigenvalue weighted by atomic mass is 10.1. The van der Waals surface area contributed by atoms with Gasteiger partial charge in [-0.15, -0.1) is 9.42 Å². The van der Waals surface area contributed by atoms with Crippen molar-refractivity contribution in [3.63, 3.8) is 0 Å². The second-order valence-corrected chi connectivity index (χ2v) is 5.56. The smallest absolute Gasteiger partial charge is 0.387 e. The van der Waals surface area contributed by atoms with E-state index in [0.717, 1.165) is 0 Å². The number of hydrogen-bond acceptors (Lipinski definition) is 7. The van der Waals surface area contributed by atoms with E-state index in [1.807, 2.05) is 0 Å². The highest BCUT2D eigenvalue weighted by molar-refractivity contribution is 7.32. The molecule has 0 aromatic heterocycles. The van der Waals surface area contributed by atoms with Gasteiger partial charge in [0.25, 0.3) is 5.91 Å². The molecular weight excluding hydrogens is 315 g/mol. The highest BCUT2D eigenvalue weighted by Gasteiger charge is 2.48. The Morgan fingerprint density at radius 2 is 2.23 bits per heavy atom. The van der Waals surface area contributed by atoms with Gasteiger partial charge in [0.15, 0.2) is 6.23 Å². The minimum atomic E-state index is -2.78. The molecule has 122 valence electrons. The largest absolute Gasteiger partial charge is 0.694 e. The van der Waals surface area contributed by atoms with Gasteiger partial charge in [-0.25, -0.2) is 0 Å². The number of methoxy groups -OCH3 is 1. The summed E-state index contributed by atoms with van der Waals surface area (Å²) in [6.07, 6.45) is -0.563. The van der Waals surface area contributed by atoms with Crippen molar-refractivity contribution in [2.75, 3.05) is 20.8 Å². The van der Waals surface area contributed by atoms with Gasteiger partial charge >= 0.3 is 8.25 Å². The molecule has 2 aliphatic heterocycles. The van der Waals surface area contributed by atoms with E-state index in [1.54, 1.807) is 11.9 Å². The van der Waals surface area contributed by atoms with E-state index < -0.39 is 32.8 Å². The molecule has 0 bridgehead atoms. The summed E-state index contributed by atoms with van der Waals surface area (Å²) in [6.45, 7) is 3.55. The molecule has 5 unspecified atom stereocenters. The molecule has 5 atom stereocenters. The number of hydrogen-bond donors (Lipinski definition) is 2. The highest BCUT2D eigenvalue weighted by Crippen LogP contribution is 2.31. The Kier molecular flexibility index (Phi) is 5.28. The van der Waals surface area contributed by atoms with E-state index in [1.165, 1.54) is 24.3 Å². The van der Waals surface area contributed by atoms with Gasteiger partial charge in [0.1, 0.15) is 30.7 Å². The predicted molar refractivity (Wildman–Crippen MR) is 74.1 cm³/mol. The van der Waals surface area contributed by atoms with Crippen LogP contribution in [-0.2, 0) is 23.4 Å². The predicted octanol–water partition coefficient (Wildman–Crippen LogP) is -0.488. The first kappa shape index (κ1) is 17.0. The number of nitrogens with zero attached hydrogens (tertiary/aromatic N) is 2. The molecule has 9 nitrogen and oxygen atoms in total. The lowest BCUT2D eigenvalue weighted by Gasteiger charge is -2.37. The molecule has 2 heterocycles. The molecule has 1 amide bonds. The zero-order valence-corrected chi connectivity index (χ0v) is 13.1. The second kappa shape index (κ2) is 6.82. The van der Waals surface area contributed by atoms with Crippen LogP contribution < -0.4 is 0 Å². The van der Waals surface area contributed by atoms with Crippen molar-refractivity contribution in [3.8, 4) is 0 Å².